The van der Waals surface area contributed by atoms with Crippen LogP contribution in [0.4, 0.5) is 0 Å². The normalized spacial score (nSPS) is 15.8. The summed E-state index contributed by atoms with van der Waals surface area (Å²) in [4.78, 5) is 23.8. The molecule has 98 valence electrons. The van der Waals surface area contributed by atoms with Gasteiger partial charge in [0.2, 0.25) is 0 Å². The first-order chi connectivity index (χ1) is 8.88. The van der Waals surface area contributed by atoms with Crippen LogP contribution in [0.25, 0.3) is 6.08 Å². The molecule has 0 saturated carbocycles. The van der Waals surface area contributed by atoms with Crippen LogP contribution in [0.1, 0.15) is 31.9 Å². The molecule has 1 aromatic rings. The molecule has 3 nitrogen and oxygen atoms in total. The van der Waals surface area contributed by atoms with E-state index in [0.717, 1.165) is 10.5 Å². The van der Waals surface area contributed by atoms with E-state index in [1.807, 2.05) is 12.1 Å². The third-order valence-electron chi connectivity index (χ3n) is 3.04. The van der Waals surface area contributed by atoms with Crippen LogP contribution in [0, 0.1) is 0 Å². The van der Waals surface area contributed by atoms with E-state index in [0.29, 0.717) is 0 Å². The molecule has 0 unspecified atom stereocenters. The molecule has 1 aliphatic heterocycles. The molecule has 0 aliphatic carbocycles. The van der Waals surface area contributed by atoms with Crippen molar-refractivity contribution in [3.05, 3.63) is 53.7 Å². The van der Waals surface area contributed by atoms with Crippen molar-refractivity contribution in [2.45, 2.75) is 26.2 Å². The van der Waals surface area contributed by atoms with Crippen LogP contribution >= 0.6 is 0 Å². The highest BCUT2D eigenvalue weighted by molar-refractivity contribution is 6.13. The third kappa shape index (κ3) is 2.99. The van der Waals surface area contributed by atoms with Crippen molar-refractivity contribution in [2.75, 3.05) is 0 Å². The predicted molar refractivity (Wildman–Crippen MR) is 75.2 cm³/mol. The zero-order valence-electron chi connectivity index (χ0n) is 11.4. The number of nitrogens with zero attached hydrogens (tertiary/aromatic N) is 1. The summed E-state index contributed by atoms with van der Waals surface area (Å²) in [5.74, 6) is -0.597. The van der Waals surface area contributed by atoms with Gasteiger partial charge in [-0.1, -0.05) is 45.0 Å². The van der Waals surface area contributed by atoms with Crippen LogP contribution in [0.5, 0.6) is 0 Å². The summed E-state index contributed by atoms with van der Waals surface area (Å²) in [5, 5.41) is 0. The van der Waals surface area contributed by atoms with E-state index < -0.39 is 0 Å². The minimum absolute atomic E-state index is 0.118. The molecule has 3 heteroatoms. The zero-order chi connectivity index (χ0) is 14.0. The Labute approximate surface area is 113 Å². The van der Waals surface area contributed by atoms with Gasteiger partial charge >= 0.3 is 0 Å². The van der Waals surface area contributed by atoms with Gasteiger partial charge in [0.15, 0.2) is 0 Å². The largest absolute Gasteiger partial charge is 0.269 e. The molecule has 19 heavy (non-hydrogen) atoms. The second-order valence-corrected chi connectivity index (χ2v) is 5.57. The molecule has 1 aliphatic rings. The number of imide groups is 1. The van der Waals surface area contributed by atoms with Crippen LogP contribution in [0.3, 0.4) is 0 Å². The second kappa shape index (κ2) is 4.84. The maximum Gasteiger partial charge on any atom is 0.257 e. The van der Waals surface area contributed by atoms with Crippen molar-refractivity contribution < 1.29 is 9.59 Å². The Morgan fingerprint density at radius 3 is 1.95 bits per heavy atom. The van der Waals surface area contributed by atoms with E-state index in [9.17, 15) is 9.59 Å². The number of amides is 2. The summed E-state index contributed by atoms with van der Waals surface area (Å²) in [6.07, 6.45) is 5.82. The Kier molecular flexibility index (Phi) is 3.38. The Morgan fingerprint density at radius 1 is 0.947 bits per heavy atom. The van der Waals surface area contributed by atoms with Crippen LogP contribution in [-0.2, 0) is 15.0 Å². The monoisotopic (exact) mass is 255 g/mol. The number of hydrogen-bond acceptors (Lipinski definition) is 2. The SMILES string of the molecule is CC(C)(C)c1ccc(C=CN2C(=O)C=CC2=O)cc1. The quantitative estimate of drug-likeness (QED) is 0.762. The molecule has 0 fully saturated rings. The Hall–Kier alpha value is -2.16. The molecule has 0 saturated heterocycles. The first kappa shape index (κ1) is 13.3. The Morgan fingerprint density at radius 2 is 1.47 bits per heavy atom. The topological polar surface area (TPSA) is 37.4 Å². The number of rotatable bonds is 2. The fraction of sp³-hybridized carbons (Fsp3) is 0.250. The maximum absolute atomic E-state index is 11.4. The third-order valence-corrected chi connectivity index (χ3v) is 3.04. The molecule has 2 amide bonds. The molecule has 1 aromatic carbocycles. The second-order valence-electron chi connectivity index (χ2n) is 5.57. The molecule has 2 rings (SSSR count). The van der Waals surface area contributed by atoms with Gasteiger partial charge in [-0.05, 0) is 22.6 Å². The van der Waals surface area contributed by atoms with Crippen molar-refractivity contribution in [1.82, 2.24) is 4.90 Å². The highest BCUT2D eigenvalue weighted by Gasteiger charge is 2.20. The molecular formula is C16H17NO2. The van der Waals surface area contributed by atoms with Gasteiger partial charge < -0.3 is 0 Å². The van der Waals surface area contributed by atoms with E-state index in [4.69, 9.17) is 0 Å². The van der Waals surface area contributed by atoms with Gasteiger partial charge in [0.25, 0.3) is 11.8 Å². The molecule has 0 atom stereocenters. The molecule has 0 radical (unpaired) electrons. The summed E-state index contributed by atoms with van der Waals surface area (Å²) >= 11 is 0. The zero-order valence-corrected chi connectivity index (χ0v) is 11.4. The van der Waals surface area contributed by atoms with Gasteiger partial charge in [-0.2, -0.15) is 0 Å². The smallest absolute Gasteiger partial charge is 0.257 e. The average Bonchev–Trinajstić information content (AvgIpc) is 2.66. The van der Waals surface area contributed by atoms with Gasteiger partial charge in [0.05, 0.1) is 0 Å². The van der Waals surface area contributed by atoms with Crippen LogP contribution in [0.15, 0.2) is 42.6 Å². The number of carbonyl (C=O) groups excluding carboxylic acids is 2. The van der Waals surface area contributed by atoms with Crippen LogP contribution in [-0.4, -0.2) is 16.7 Å². The first-order valence-electron chi connectivity index (χ1n) is 6.22. The maximum atomic E-state index is 11.4. The van der Waals surface area contributed by atoms with Crippen molar-refractivity contribution in [3.8, 4) is 0 Å². The van der Waals surface area contributed by atoms with Crippen LogP contribution in [0.2, 0.25) is 0 Å². The molecule has 0 aromatic heterocycles. The average molecular weight is 255 g/mol. The highest BCUT2D eigenvalue weighted by Crippen LogP contribution is 2.22. The number of benzene rings is 1. The summed E-state index contributed by atoms with van der Waals surface area (Å²) in [7, 11) is 0. The molecule has 1 heterocycles. The minimum Gasteiger partial charge on any atom is -0.269 e. The summed E-state index contributed by atoms with van der Waals surface area (Å²) < 4.78 is 0. The van der Waals surface area contributed by atoms with Crippen molar-refractivity contribution in [2.24, 2.45) is 0 Å². The predicted octanol–water partition coefficient (Wildman–Crippen LogP) is 2.88. The molecule has 0 spiro atoms. The number of hydrogen-bond donors (Lipinski definition) is 0. The minimum atomic E-state index is -0.299. The van der Waals surface area contributed by atoms with E-state index >= 15 is 0 Å². The summed E-state index contributed by atoms with van der Waals surface area (Å²) in [5.41, 5.74) is 2.33. The standard InChI is InChI=1S/C16H17NO2/c1-16(2,3)13-6-4-12(5-7-13)10-11-17-14(18)8-9-15(17)19/h4-11H,1-3H3. The van der Waals surface area contributed by atoms with Crippen molar-refractivity contribution in [3.63, 3.8) is 0 Å². The molecular weight excluding hydrogens is 238 g/mol. The highest BCUT2D eigenvalue weighted by atomic mass is 16.2. The lowest BCUT2D eigenvalue weighted by Crippen LogP contribution is -2.23. The van der Waals surface area contributed by atoms with E-state index in [1.54, 1.807) is 6.08 Å². The fourth-order valence-electron chi connectivity index (χ4n) is 1.81. The van der Waals surface area contributed by atoms with E-state index in [2.05, 4.69) is 32.9 Å². The van der Waals surface area contributed by atoms with Crippen LogP contribution < -0.4 is 0 Å². The fourth-order valence-corrected chi connectivity index (χ4v) is 1.81. The van der Waals surface area contributed by atoms with Gasteiger partial charge in [-0.25, -0.2) is 0 Å². The Balaban J connectivity index is 2.12. The van der Waals surface area contributed by atoms with E-state index in [1.165, 1.54) is 23.9 Å². The number of carbonyl (C=O) groups is 2. The molecule has 0 N–H and O–H groups in total. The lowest BCUT2D eigenvalue weighted by atomic mass is 9.87. The lowest BCUT2D eigenvalue weighted by Gasteiger charge is -2.18. The molecule has 0 bridgehead atoms. The summed E-state index contributed by atoms with van der Waals surface area (Å²) in [6.45, 7) is 6.47. The van der Waals surface area contributed by atoms with Crippen molar-refractivity contribution in [1.29, 1.82) is 0 Å². The summed E-state index contributed by atoms with van der Waals surface area (Å²) in [6, 6.07) is 8.09. The first-order valence-corrected chi connectivity index (χ1v) is 6.22. The van der Waals surface area contributed by atoms with E-state index in [-0.39, 0.29) is 17.2 Å². The lowest BCUT2D eigenvalue weighted by molar-refractivity contribution is -0.133. The van der Waals surface area contributed by atoms with Gasteiger partial charge in [-0.3, -0.25) is 14.5 Å². The van der Waals surface area contributed by atoms with Gasteiger partial charge in [0, 0.05) is 18.4 Å². The van der Waals surface area contributed by atoms with Gasteiger partial charge in [0.1, 0.15) is 0 Å². The Bertz CT molecular complexity index is 541. The van der Waals surface area contributed by atoms with Gasteiger partial charge in [-0.15, -0.1) is 0 Å². The van der Waals surface area contributed by atoms with Crippen molar-refractivity contribution >= 4 is 17.9 Å².